The van der Waals surface area contributed by atoms with Gasteiger partial charge in [-0.15, -0.1) is 0 Å². The molecule has 0 spiro atoms. The van der Waals surface area contributed by atoms with E-state index in [-0.39, 0.29) is 5.54 Å². The average Bonchev–Trinajstić information content (AvgIpc) is 2.25. The van der Waals surface area contributed by atoms with E-state index in [2.05, 4.69) is 5.32 Å². The van der Waals surface area contributed by atoms with Gasteiger partial charge in [0.1, 0.15) is 0 Å². The molecular weight excluding hydrogens is 218 g/mol. The molecule has 1 rings (SSSR count). The van der Waals surface area contributed by atoms with Crippen molar-refractivity contribution in [2.45, 2.75) is 38.5 Å². The minimum Gasteiger partial charge on any atom is -0.479 e. The van der Waals surface area contributed by atoms with Gasteiger partial charge in [-0.25, -0.2) is 4.79 Å². The third kappa shape index (κ3) is 4.17. The first-order valence-corrected chi connectivity index (χ1v) is 5.55. The lowest BCUT2D eigenvalue weighted by Gasteiger charge is -2.30. The maximum Gasteiger partial charge on any atom is 0.334 e. The Morgan fingerprint density at radius 1 is 1.24 bits per heavy atom. The fourth-order valence-electron chi connectivity index (χ4n) is 1.61. The zero-order valence-electron chi connectivity index (χ0n) is 10.3. The van der Waals surface area contributed by atoms with E-state index in [0.29, 0.717) is 0 Å². The van der Waals surface area contributed by atoms with E-state index >= 15 is 0 Å². The highest BCUT2D eigenvalue weighted by atomic mass is 16.4. The second-order valence-electron chi connectivity index (χ2n) is 5.07. The van der Waals surface area contributed by atoms with Gasteiger partial charge in [0, 0.05) is 5.54 Å². The number of aliphatic carboxylic acids is 1. The van der Waals surface area contributed by atoms with Gasteiger partial charge in [-0.1, -0.05) is 30.3 Å². The van der Waals surface area contributed by atoms with Crippen LogP contribution in [-0.2, 0) is 4.79 Å². The van der Waals surface area contributed by atoms with Gasteiger partial charge in [0.15, 0.2) is 6.10 Å². The number of nitrogens with one attached hydrogen (secondary N) is 1. The summed E-state index contributed by atoms with van der Waals surface area (Å²) >= 11 is 0. The molecule has 0 aliphatic heterocycles. The highest BCUT2D eigenvalue weighted by Gasteiger charge is 2.30. The molecule has 0 fully saturated rings. The smallest absolute Gasteiger partial charge is 0.334 e. The van der Waals surface area contributed by atoms with Crippen LogP contribution in [0.5, 0.6) is 0 Å². The largest absolute Gasteiger partial charge is 0.479 e. The first kappa shape index (κ1) is 13.7. The molecule has 4 nitrogen and oxygen atoms in total. The maximum atomic E-state index is 10.9. The van der Waals surface area contributed by atoms with Crippen molar-refractivity contribution in [1.29, 1.82) is 0 Å². The summed E-state index contributed by atoms with van der Waals surface area (Å²) in [4.78, 5) is 10.9. The van der Waals surface area contributed by atoms with E-state index in [9.17, 15) is 9.90 Å². The van der Waals surface area contributed by atoms with Gasteiger partial charge in [-0.05, 0) is 26.3 Å². The Kier molecular flexibility index (Phi) is 4.26. The second-order valence-corrected chi connectivity index (χ2v) is 5.07. The lowest BCUT2D eigenvalue weighted by Crippen LogP contribution is -2.46. The summed E-state index contributed by atoms with van der Waals surface area (Å²) in [5, 5.41) is 21.8. The van der Waals surface area contributed by atoms with Crippen molar-refractivity contribution in [1.82, 2.24) is 5.32 Å². The second kappa shape index (κ2) is 5.29. The summed E-state index contributed by atoms with van der Waals surface area (Å²) in [6.45, 7) is 5.78. The molecule has 1 aromatic carbocycles. The SMILES string of the molecule is CC(C)(C)NC(c1ccccc1)C(O)C(=O)O. The van der Waals surface area contributed by atoms with Gasteiger partial charge < -0.3 is 15.5 Å². The van der Waals surface area contributed by atoms with Gasteiger partial charge in [-0.3, -0.25) is 0 Å². The van der Waals surface area contributed by atoms with Crippen LogP contribution < -0.4 is 5.32 Å². The number of carbonyl (C=O) groups is 1. The van der Waals surface area contributed by atoms with Crippen molar-refractivity contribution >= 4 is 5.97 Å². The molecule has 0 aliphatic carbocycles. The summed E-state index contributed by atoms with van der Waals surface area (Å²) in [5.41, 5.74) is 0.481. The van der Waals surface area contributed by atoms with E-state index in [1.165, 1.54) is 0 Å². The normalized spacial score (nSPS) is 15.3. The van der Waals surface area contributed by atoms with E-state index in [1.807, 2.05) is 39.0 Å². The van der Waals surface area contributed by atoms with Crippen LogP contribution in [0.25, 0.3) is 0 Å². The Balaban J connectivity index is 2.99. The Labute approximate surface area is 101 Å². The number of carboxylic acids is 1. The molecule has 3 N–H and O–H groups in total. The fourth-order valence-corrected chi connectivity index (χ4v) is 1.61. The molecule has 0 radical (unpaired) electrons. The number of aliphatic hydroxyl groups excluding tert-OH is 1. The molecule has 0 aromatic heterocycles. The predicted molar refractivity (Wildman–Crippen MR) is 65.7 cm³/mol. The Hall–Kier alpha value is -1.39. The fraction of sp³-hybridized carbons (Fsp3) is 0.462. The first-order chi connectivity index (χ1) is 7.81. The topological polar surface area (TPSA) is 69.6 Å². The molecular formula is C13H19NO3. The Morgan fingerprint density at radius 2 is 1.76 bits per heavy atom. The lowest BCUT2D eigenvalue weighted by atomic mass is 9.97. The molecule has 4 heteroatoms. The van der Waals surface area contributed by atoms with Crippen LogP contribution in [0, 0.1) is 0 Å². The number of hydrogen-bond acceptors (Lipinski definition) is 3. The van der Waals surface area contributed by atoms with Gasteiger partial charge >= 0.3 is 5.97 Å². The van der Waals surface area contributed by atoms with Crippen molar-refractivity contribution in [3.8, 4) is 0 Å². The van der Waals surface area contributed by atoms with Gasteiger partial charge in [0.25, 0.3) is 0 Å². The van der Waals surface area contributed by atoms with Crippen LogP contribution >= 0.6 is 0 Å². The summed E-state index contributed by atoms with van der Waals surface area (Å²) in [7, 11) is 0. The molecule has 0 heterocycles. The van der Waals surface area contributed by atoms with Crippen LogP contribution in [-0.4, -0.2) is 27.8 Å². The molecule has 94 valence electrons. The zero-order chi connectivity index (χ0) is 13.1. The molecule has 1 aromatic rings. The standard InChI is InChI=1S/C13H19NO3/c1-13(2,3)14-10(11(15)12(16)17)9-7-5-4-6-8-9/h4-8,10-11,14-15H,1-3H3,(H,16,17). The number of rotatable bonds is 4. The molecule has 0 aliphatic rings. The molecule has 2 unspecified atom stereocenters. The van der Waals surface area contributed by atoms with E-state index < -0.39 is 18.1 Å². The summed E-state index contributed by atoms with van der Waals surface area (Å²) in [6.07, 6.45) is -1.46. The Bertz CT molecular complexity index is 370. The highest BCUT2D eigenvalue weighted by molar-refractivity contribution is 5.73. The minimum atomic E-state index is -1.46. The third-order valence-corrected chi connectivity index (χ3v) is 2.32. The molecule has 2 atom stereocenters. The van der Waals surface area contributed by atoms with Crippen molar-refractivity contribution in [3.63, 3.8) is 0 Å². The lowest BCUT2D eigenvalue weighted by molar-refractivity contribution is -0.148. The van der Waals surface area contributed by atoms with Gasteiger partial charge in [-0.2, -0.15) is 0 Å². The summed E-state index contributed by atoms with van der Waals surface area (Å²) in [5.74, 6) is -1.23. The molecule has 0 saturated heterocycles. The van der Waals surface area contributed by atoms with Gasteiger partial charge in [0.05, 0.1) is 6.04 Å². The number of hydrogen-bond donors (Lipinski definition) is 3. The maximum absolute atomic E-state index is 10.9. The summed E-state index contributed by atoms with van der Waals surface area (Å²) < 4.78 is 0. The van der Waals surface area contributed by atoms with E-state index in [1.54, 1.807) is 12.1 Å². The van der Waals surface area contributed by atoms with Crippen molar-refractivity contribution < 1.29 is 15.0 Å². The average molecular weight is 237 g/mol. The molecule has 0 bridgehead atoms. The Morgan fingerprint density at radius 3 is 2.18 bits per heavy atom. The van der Waals surface area contributed by atoms with Crippen molar-refractivity contribution in [3.05, 3.63) is 35.9 Å². The van der Waals surface area contributed by atoms with Crippen LogP contribution in [0.2, 0.25) is 0 Å². The third-order valence-electron chi connectivity index (χ3n) is 2.32. The number of carboxylic acid groups (broad SMARTS) is 1. The minimum absolute atomic E-state index is 0.281. The number of benzene rings is 1. The first-order valence-electron chi connectivity index (χ1n) is 5.55. The van der Waals surface area contributed by atoms with Crippen LogP contribution in [0.3, 0.4) is 0 Å². The number of aliphatic hydroxyl groups is 1. The zero-order valence-corrected chi connectivity index (χ0v) is 10.3. The molecule has 0 saturated carbocycles. The van der Waals surface area contributed by atoms with Crippen LogP contribution in [0.4, 0.5) is 0 Å². The van der Waals surface area contributed by atoms with Crippen LogP contribution in [0.1, 0.15) is 32.4 Å². The van der Waals surface area contributed by atoms with Gasteiger partial charge in [0.2, 0.25) is 0 Å². The van der Waals surface area contributed by atoms with Crippen molar-refractivity contribution in [2.24, 2.45) is 0 Å². The van der Waals surface area contributed by atoms with E-state index in [0.717, 1.165) is 5.56 Å². The quantitative estimate of drug-likeness (QED) is 0.743. The monoisotopic (exact) mass is 237 g/mol. The van der Waals surface area contributed by atoms with E-state index in [4.69, 9.17) is 5.11 Å². The van der Waals surface area contributed by atoms with Crippen LogP contribution in [0.15, 0.2) is 30.3 Å². The summed E-state index contributed by atoms with van der Waals surface area (Å²) in [6, 6.07) is 8.48. The highest BCUT2D eigenvalue weighted by Crippen LogP contribution is 2.20. The predicted octanol–water partition coefficient (Wildman–Crippen LogP) is 1.56. The molecule has 0 amide bonds. The van der Waals surface area contributed by atoms with Crippen molar-refractivity contribution in [2.75, 3.05) is 0 Å². The molecule has 17 heavy (non-hydrogen) atoms.